The lowest BCUT2D eigenvalue weighted by Gasteiger charge is -2.32. The van der Waals surface area contributed by atoms with Crippen molar-refractivity contribution in [2.75, 3.05) is 24.5 Å². The Bertz CT molecular complexity index is 909. The topological polar surface area (TPSA) is 69.7 Å². The van der Waals surface area contributed by atoms with Crippen LogP contribution in [-0.2, 0) is 6.42 Å². The number of nitrogens with one attached hydrogen (secondary N) is 2. The molecular weight excluding hydrogens is 360 g/mol. The van der Waals surface area contributed by atoms with E-state index in [4.69, 9.17) is 11.6 Å². The number of hydrogen-bond donors (Lipinski definition) is 2. The summed E-state index contributed by atoms with van der Waals surface area (Å²) < 4.78 is 0. The fourth-order valence-corrected chi connectivity index (χ4v) is 3.85. The Morgan fingerprint density at radius 1 is 1.11 bits per heavy atom. The van der Waals surface area contributed by atoms with Crippen molar-refractivity contribution in [1.29, 1.82) is 0 Å². The third-order valence-electron chi connectivity index (χ3n) is 5.04. The first-order valence-corrected chi connectivity index (χ1v) is 9.89. The van der Waals surface area contributed by atoms with Crippen molar-refractivity contribution in [2.24, 2.45) is 0 Å². The Hall–Kier alpha value is -2.18. The lowest BCUT2D eigenvalue weighted by Crippen LogP contribution is -2.43. The van der Waals surface area contributed by atoms with Gasteiger partial charge in [-0.2, -0.15) is 0 Å². The molecule has 6 nitrogen and oxygen atoms in total. The van der Waals surface area contributed by atoms with E-state index in [9.17, 15) is 0 Å². The maximum Gasteiger partial charge on any atom is 0.225 e. The van der Waals surface area contributed by atoms with Gasteiger partial charge in [-0.1, -0.05) is 11.6 Å². The summed E-state index contributed by atoms with van der Waals surface area (Å²) in [7, 11) is 0. The first kappa shape index (κ1) is 18.2. The van der Waals surface area contributed by atoms with E-state index in [1.54, 1.807) is 0 Å². The van der Waals surface area contributed by atoms with Crippen molar-refractivity contribution < 1.29 is 0 Å². The highest BCUT2D eigenvalue weighted by molar-refractivity contribution is 6.31. The van der Waals surface area contributed by atoms with Gasteiger partial charge in [0.05, 0.1) is 11.0 Å². The van der Waals surface area contributed by atoms with Crippen molar-refractivity contribution in [3.63, 3.8) is 0 Å². The Kier molecular flexibility index (Phi) is 5.27. The number of piperidine rings is 1. The van der Waals surface area contributed by atoms with Gasteiger partial charge >= 0.3 is 0 Å². The number of fused-ring (bicyclic) bond motifs is 1. The van der Waals surface area contributed by atoms with Gasteiger partial charge in [0.2, 0.25) is 5.95 Å². The van der Waals surface area contributed by atoms with E-state index >= 15 is 0 Å². The van der Waals surface area contributed by atoms with Gasteiger partial charge < -0.3 is 15.2 Å². The monoisotopic (exact) mass is 384 g/mol. The van der Waals surface area contributed by atoms with Crippen molar-refractivity contribution in [2.45, 2.75) is 39.2 Å². The minimum absolute atomic E-state index is 0.533. The molecule has 7 heteroatoms. The fraction of sp³-hybridized carbons (Fsp3) is 0.450. The van der Waals surface area contributed by atoms with Gasteiger partial charge in [0.15, 0.2) is 0 Å². The van der Waals surface area contributed by atoms with E-state index in [0.29, 0.717) is 6.04 Å². The Labute approximate surface area is 164 Å². The third kappa shape index (κ3) is 4.39. The summed E-state index contributed by atoms with van der Waals surface area (Å²) in [4.78, 5) is 19.4. The second-order valence-corrected chi connectivity index (χ2v) is 7.70. The first-order chi connectivity index (χ1) is 13.1. The molecule has 142 valence electrons. The summed E-state index contributed by atoms with van der Waals surface area (Å²) in [6.07, 6.45) is 3.09. The molecule has 0 bridgehead atoms. The van der Waals surface area contributed by atoms with Gasteiger partial charge in [-0.05, 0) is 51.0 Å². The van der Waals surface area contributed by atoms with E-state index in [0.717, 1.165) is 78.1 Å². The molecule has 0 aliphatic carbocycles. The number of benzene rings is 1. The normalized spacial score (nSPS) is 15.6. The highest BCUT2D eigenvalue weighted by Gasteiger charge is 2.21. The highest BCUT2D eigenvalue weighted by atomic mass is 35.5. The predicted molar refractivity (Wildman–Crippen MR) is 110 cm³/mol. The maximum atomic E-state index is 6.03. The van der Waals surface area contributed by atoms with E-state index in [1.165, 1.54) is 0 Å². The first-order valence-electron chi connectivity index (χ1n) is 9.51. The second kappa shape index (κ2) is 7.82. The van der Waals surface area contributed by atoms with Crippen LogP contribution in [-0.4, -0.2) is 45.6 Å². The lowest BCUT2D eigenvalue weighted by molar-refractivity contribution is 0.413. The molecule has 1 aliphatic heterocycles. The van der Waals surface area contributed by atoms with Crippen molar-refractivity contribution in [3.8, 4) is 0 Å². The number of hydrogen-bond acceptors (Lipinski definition) is 5. The molecule has 1 aromatic carbocycles. The number of anilines is 1. The number of aromatic amines is 1. The fourth-order valence-electron chi connectivity index (χ4n) is 3.68. The van der Waals surface area contributed by atoms with Crippen LogP contribution in [0.3, 0.4) is 0 Å². The molecule has 0 amide bonds. The van der Waals surface area contributed by atoms with Crippen molar-refractivity contribution >= 4 is 28.6 Å². The Morgan fingerprint density at radius 3 is 2.59 bits per heavy atom. The number of halogens is 1. The molecule has 4 rings (SSSR count). The SMILES string of the molecule is Cc1cc(C)nc(N2CCC(NCCc3nc4ccc(Cl)cc4[nH]3)CC2)n1. The van der Waals surface area contributed by atoms with Crippen LogP contribution in [0.15, 0.2) is 24.3 Å². The van der Waals surface area contributed by atoms with E-state index in [2.05, 4.69) is 30.2 Å². The molecule has 0 radical (unpaired) electrons. The van der Waals surface area contributed by atoms with Crippen LogP contribution in [0, 0.1) is 13.8 Å². The van der Waals surface area contributed by atoms with Crippen molar-refractivity contribution in [3.05, 3.63) is 46.5 Å². The Morgan fingerprint density at radius 2 is 1.85 bits per heavy atom. The second-order valence-electron chi connectivity index (χ2n) is 7.26. The molecule has 2 N–H and O–H groups in total. The third-order valence-corrected chi connectivity index (χ3v) is 5.27. The summed E-state index contributed by atoms with van der Waals surface area (Å²) in [5, 5.41) is 4.40. The van der Waals surface area contributed by atoms with Crippen molar-refractivity contribution in [1.82, 2.24) is 25.3 Å². The molecule has 1 saturated heterocycles. The predicted octanol–water partition coefficient (Wildman–Crippen LogP) is 3.42. The highest BCUT2D eigenvalue weighted by Crippen LogP contribution is 2.18. The number of aryl methyl sites for hydroxylation is 2. The molecule has 3 heterocycles. The van der Waals surface area contributed by atoms with Crippen LogP contribution in [0.4, 0.5) is 5.95 Å². The van der Waals surface area contributed by atoms with Gasteiger partial charge in [-0.3, -0.25) is 0 Å². The average Bonchev–Trinajstić information content (AvgIpc) is 3.03. The summed E-state index contributed by atoms with van der Waals surface area (Å²) in [6, 6.07) is 8.30. The van der Waals surface area contributed by atoms with Crippen LogP contribution in [0.2, 0.25) is 5.02 Å². The standard InChI is InChI=1S/C20H25ClN6/c1-13-11-14(2)24-20(23-13)27-9-6-16(7-10-27)22-8-5-19-25-17-4-3-15(21)12-18(17)26-19/h3-4,11-12,16,22H,5-10H2,1-2H3,(H,25,26). The molecule has 2 aromatic heterocycles. The van der Waals surface area contributed by atoms with Gasteiger partial charge in [0, 0.05) is 48.5 Å². The smallest absolute Gasteiger partial charge is 0.225 e. The number of rotatable bonds is 5. The van der Waals surface area contributed by atoms with E-state index < -0.39 is 0 Å². The molecular formula is C20H25ClN6. The molecule has 3 aromatic rings. The quantitative estimate of drug-likeness (QED) is 0.705. The summed E-state index contributed by atoms with van der Waals surface area (Å²) in [5.41, 5.74) is 4.03. The molecule has 1 fully saturated rings. The molecule has 0 unspecified atom stereocenters. The summed E-state index contributed by atoms with van der Waals surface area (Å²) in [5.74, 6) is 1.87. The number of aromatic nitrogens is 4. The van der Waals surface area contributed by atoms with Crippen LogP contribution in [0.5, 0.6) is 0 Å². The van der Waals surface area contributed by atoms with E-state index in [1.807, 2.05) is 38.1 Å². The Balaban J connectivity index is 1.26. The zero-order valence-corrected chi connectivity index (χ0v) is 16.6. The minimum Gasteiger partial charge on any atom is -0.342 e. The molecule has 27 heavy (non-hydrogen) atoms. The number of imidazole rings is 1. The molecule has 0 spiro atoms. The van der Waals surface area contributed by atoms with Gasteiger partial charge in [0.1, 0.15) is 5.82 Å². The van der Waals surface area contributed by atoms with E-state index in [-0.39, 0.29) is 0 Å². The van der Waals surface area contributed by atoms with Crippen LogP contribution in [0.25, 0.3) is 11.0 Å². The number of nitrogens with zero attached hydrogens (tertiary/aromatic N) is 4. The number of H-pyrrole nitrogens is 1. The molecule has 1 aliphatic rings. The van der Waals surface area contributed by atoms with Gasteiger partial charge in [-0.15, -0.1) is 0 Å². The molecule has 0 atom stereocenters. The van der Waals surface area contributed by atoms with Gasteiger partial charge in [0.25, 0.3) is 0 Å². The summed E-state index contributed by atoms with van der Waals surface area (Å²) >= 11 is 6.03. The van der Waals surface area contributed by atoms with Gasteiger partial charge in [-0.25, -0.2) is 15.0 Å². The maximum absolute atomic E-state index is 6.03. The van der Waals surface area contributed by atoms with Crippen LogP contribution in [0.1, 0.15) is 30.1 Å². The zero-order valence-electron chi connectivity index (χ0n) is 15.8. The zero-order chi connectivity index (χ0) is 18.8. The largest absolute Gasteiger partial charge is 0.342 e. The molecule has 0 saturated carbocycles. The average molecular weight is 385 g/mol. The summed E-state index contributed by atoms with van der Waals surface area (Å²) in [6.45, 7) is 6.95. The minimum atomic E-state index is 0.533. The van der Waals surface area contributed by atoms with Crippen LogP contribution < -0.4 is 10.2 Å². The lowest BCUT2D eigenvalue weighted by atomic mass is 10.1. The van der Waals surface area contributed by atoms with Crippen LogP contribution >= 0.6 is 11.6 Å².